The molecule has 0 saturated carbocycles. The van der Waals surface area contributed by atoms with Gasteiger partial charge in [0.1, 0.15) is 0 Å². The Morgan fingerprint density at radius 1 is 1.33 bits per heavy atom. The number of ether oxygens (including phenoxy) is 1. The number of carboxylic acid groups (broad SMARTS) is 1. The monoisotopic (exact) mass is 216 g/mol. The predicted molar refractivity (Wildman–Crippen MR) is 44.8 cm³/mol. The summed E-state index contributed by atoms with van der Waals surface area (Å²) in [6.07, 6.45) is 4.32. The zero-order chi connectivity index (χ0) is 10.3. The van der Waals surface area contributed by atoms with Crippen LogP contribution in [0.3, 0.4) is 0 Å². The summed E-state index contributed by atoms with van der Waals surface area (Å²) in [5.74, 6) is -2.08. The van der Waals surface area contributed by atoms with E-state index in [2.05, 4.69) is 4.74 Å². The Bertz CT molecular complexity index is 370. The van der Waals surface area contributed by atoms with Crippen LogP contribution >= 0.6 is 0 Å². The molecule has 2 aliphatic rings. The quantitative estimate of drug-likeness (QED) is 0.272. The molecule has 0 amide bonds. The molecule has 4 nitrogen and oxygen atoms in total. The van der Waals surface area contributed by atoms with Gasteiger partial charge in [0.05, 0.1) is 13.1 Å². The summed E-state index contributed by atoms with van der Waals surface area (Å²) >= 11 is 0. The van der Waals surface area contributed by atoms with Crippen molar-refractivity contribution in [1.29, 1.82) is 0 Å². The van der Waals surface area contributed by atoms with Gasteiger partial charge < -0.3 is 14.6 Å². The molecule has 74 valence electrons. The maximum atomic E-state index is 11.3. The second kappa shape index (κ2) is 4.51. The van der Waals surface area contributed by atoms with Crippen LogP contribution in [0.2, 0.25) is 0 Å². The normalized spacial score (nSPS) is 26.5. The Morgan fingerprint density at radius 2 is 1.87 bits per heavy atom. The number of carbonyl (C=O) groups excluding carboxylic acids is 2. The van der Waals surface area contributed by atoms with Gasteiger partial charge in [-0.05, 0) is 12.0 Å². The molecule has 2 bridgehead atoms. The van der Waals surface area contributed by atoms with Gasteiger partial charge in [-0.15, -0.1) is 0 Å². The first-order valence-electron chi connectivity index (χ1n) is 4.37. The van der Waals surface area contributed by atoms with Crippen molar-refractivity contribution in [2.75, 3.05) is 7.11 Å². The number of fused-ring (bicyclic) bond motifs is 2. The molecule has 2 atom stereocenters. The van der Waals surface area contributed by atoms with Crippen LogP contribution in [0.15, 0.2) is 23.3 Å². The Hall–Kier alpha value is -0.580. The van der Waals surface area contributed by atoms with Crippen LogP contribution in [-0.4, -0.2) is 19.0 Å². The van der Waals surface area contributed by atoms with Crippen molar-refractivity contribution in [3.05, 3.63) is 23.3 Å². The molecule has 0 heterocycles. The summed E-state index contributed by atoms with van der Waals surface area (Å²) in [5, 5.41) is 10.8. The zero-order valence-electron chi connectivity index (χ0n) is 8.65. The first-order valence-corrected chi connectivity index (χ1v) is 4.37. The van der Waals surface area contributed by atoms with Crippen molar-refractivity contribution >= 4 is 11.9 Å². The fourth-order valence-electron chi connectivity index (χ4n) is 2.16. The summed E-state index contributed by atoms with van der Waals surface area (Å²) < 4.78 is 4.55. The van der Waals surface area contributed by atoms with Crippen molar-refractivity contribution in [2.24, 2.45) is 11.8 Å². The van der Waals surface area contributed by atoms with E-state index in [0.717, 1.165) is 0 Å². The minimum Gasteiger partial charge on any atom is -0.545 e. The molecule has 0 aliphatic heterocycles. The molecule has 0 aromatic carbocycles. The van der Waals surface area contributed by atoms with Crippen molar-refractivity contribution in [3.8, 4) is 0 Å². The van der Waals surface area contributed by atoms with Crippen LogP contribution < -0.4 is 34.7 Å². The van der Waals surface area contributed by atoms with Crippen LogP contribution in [0.1, 0.15) is 6.42 Å². The van der Waals surface area contributed by atoms with Gasteiger partial charge in [-0.2, -0.15) is 0 Å². The number of hydrogen-bond donors (Lipinski definition) is 0. The van der Waals surface area contributed by atoms with Crippen LogP contribution in [0, 0.1) is 11.8 Å². The molecule has 0 radical (unpaired) electrons. The van der Waals surface area contributed by atoms with Crippen molar-refractivity contribution in [1.82, 2.24) is 0 Å². The Balaban J connectivity index is 0.00000112. The number of hydrogen-bond acceptors (Lipinski definition) is 4. The molecule has 0 saturated heterocycles. The first kappa shape index (κ1) is 12.5. The number of methoxy groups -OCH3 is 1. The molecule has 0 N–H and O–H groups in total. The summed E-state index contributed by atoms with van der Waals surface area (Å²) in [4.78, 5) is 22.1. The van der Waals surface area contributed by atoms with Crippen molar-refractivity contribution in [3.63, 3.8) is 0 Å². The molecule has 0 fully saturated rings. The summed E-state index contributed by atoms with van der Waals surface area (Å²) in [7, 11) is 1.25. The van der Waals surface area contributed by atoms with Gasteiger partial charge in [0.25, 0.3) is 0 Å². The Morgan fingerprint density at radius 3 is 2.33 bits per heavy atom. The number of aliphatic carboxylic acids is 1. The topological polar surface area (TPSA) is 66.4 Å². The largest absolute Gasteiger partial charge is 1.00 e. The van der Waals surface area contributed by atoms with Crippen LogP contribution in [0.5, 0.6) is 0 Å². The number of esters is 1. The summed E-state index contributed by atoms with van der Waals surface area (Å²) in [6.45, 7) is 0. The van der Waals surface area contributed by atoms with Gasteiger partial charge >= 0.3 is 35.5 Å². The van der Waals surface area contributed by atoms with Crippen LogP contribution in [0.4, 0.5) is 0 Å². The van der Waals surface area contributed by atoms with Gasteiger partial charge in [0.15, 0.2) is 0 Å². The van der Waals surface area contributed by atoms with E-state index < -0.39 is 11.9 Å². The average Bonchev–Trinajstić information content (AvgIpc) is 2.74. The Labute approximate surface area is 109 Å². The second-order valence-electron chi connectivity index (χ2n) is 3.44. The Kier molecular flexibility index (Phi) is 3.76. The van der Waals surface area contributed by atoms with E-state index in [1.807, 2.05) is 12.2 Å². The third kappa shape index (κ3) is 1.89. The second-order valence-corrected chi connectivity index (χ2v) is 3.44. The predicted octanol–water partition coefficient (Wildman–Crippen LogP) is -3.58. The number of carbonyl (C=O) groups is 2. The van der Waals surface area contributed by atoms with Gasteiger partial charge in [0.2, 0.25) is 0 Å². The van der Waals surface area contributed by atoms with Crippen LogP contribution in [-0.2, 0) is 14.3 Å². The SMILES string of the molecule is COC(=O)C1=C(C(=O)[O-])C2C=CC1C2.[Na+]. The fraction of sp³-hybridized carbons (Fsp3) is 0.400. The van der Waals surface area contributed by atoms with Gasteiger partial charge in [0, 0.05) is 17.4 Å². The average molecular weight is 216 g/mol. The van der Waals surface area contributed by atoms with E-state index in [9.17, 15) is 14.7 Å². The summed E-state index contributed by atoms with van der Waals surface area (Å²) in [6, 6.07) is 0. The minimum absolute atomic E-state index is 0. The number of carboxylic acids is 1. The molecular weight excluding hydrogens is 207 g/mol. The smallest absolute Gasteiger partial charge is 0.545 e. The molecule has 2 rings (SSSR count). The third-order valence-electron chi connectivity index (χ3n) is 2.74. The first-order chi connectivity index (χ1) is 6.65. The number of allylic oxidation sites excluding steroid dienone is 2. The van der Waals surface area contributed by atoms with E-state index in [1.165, 1.54) is 7.11 Å². The molecule has 2 unspecified atom stereocenters. The maximum absolute atomic E-state index is 11.3. The van der Waals surface area contributed by atoms with E-state index in [4.69, 9.17) is 0 Å². The van der Waals surface area contributed by atoms with E-state index in [0.29, 0.717) is 6.42 Å². The zero-order valence-corrected chi connectivity index (χ0v) is 10.6. The summed E-state index contributed by atoms with van der Waals surface area (Å²) in [5.41, 5.74) is 0.365. The third-order valence-corrected chi connectivity index (χ3v) is 2.74. The van der Waals surface area contributed by atoms with Gasteiger partial charge in [-0.25, -0.2) is 4.79 Å². The molecule has 0 spiro atoms. The minimum atomic E-state index is -1.26. The van der Waals surface area contributed by atoms with E-state index in [1.54, 1.807) is 0 Å². The molecule has 5 heteroatoms. The van der Waals surface area contributed by atoms with Crippen molar-refractivity contribution in [2.45, 2.75) is 6.42 Å². The maximum Gasteiger partial charge on any atom is 1.00 e. The fourth-order valence-corrected chi connectivity index (χ4v) is 2.16. The van der Waals surface area contributed by atoms with Crippen LogP contribution in [0.25, 0.3) is 0 Å². The molecule has 2 aliphatic carbocycles. The van der Waals surface area contributed by atoms with E-state index >= 15 is 0 Å². The standard InChI is InChI=1S/C10H10O4.Na/c1-14-10(13)8-6-3-2-5(4-6)7(8)9(11)12;/h2-3,5-6H,4H2,1H3,(H,11,12);/q;+1/p-1. The van der Waals surface area contributed by atoms with Gasteiger partial charge in [-0.1, -0.05) is 12.2 Å². The van der Waals surface area contributed by atoms with Gasteiger partial charge in [-0.3, -0.25) is 0 Å². The van der Waals surface area contributed by atoms with E-state index in [-0.39, 0.29) is 52.5 Å². The molecule has 0 aromatic heterocycles. The molecular formula is C10H9NaO4. The number of rotatable bonds is 2. The van der Waals surface area contributed by atoms with Crippen molar-refractivity contribution < 1.29 is 49.0 Å². The molecule has 0 aromatic rings. The molecule has 15 heavy (non-hydrogen) atoms.